The second kappa shape index (κ2) is 8.17. The Morgan fingerprint density at radius 1 is 1.26 bits per heavy atom. The minimum Gasteiger partial charge on any atom is -0.493 e. The molecule has 7 heteroatoms. The summed E-state index contributed by atoms with van der Waals surface area (Å²) in [6.45, 7) is 2.27. The lowest BCUT2D eigenvalue weighted by molar-refractivity contribution is -0.121. The van der Waals surface area contributed by atoms with Crippen LogP contribution in [0.5, 0.6) is 11.5 Å². The minimum atomic E-state index is -0.0160. The molecule has 2 aromatic rings. The van der Waals surface area contributed by atoms with Gasteiger partial charge < -0.3 is 19.3 Å². The summed E-state index contributed by atoms with van der Waals surface area (Å²) in [7, 11) is 3.14. The Morgan fingerprint density at radius 3 is 2.74 bits per heavy atom. The van der Waals surface area contributed by atoms with Crippen LogP contribution < -0.4 is 14.8 Å². The Labute approximate surface area is 135 Å². The molecule has 0 unspecified atom stereocenters. The minimum absolute atomic E-state index is 0.0160. The highest BCUT2D eigenvalue weighted by Crippen LogP contribution is 2.31. The molecule has 1 aromatic carbocycles. The van der Waals surface area contributed by atoms with Crippen LogP contribution in [0.15, 0.2) is 22.7 Å². The van der Waals surface area contributed by atoms with Gasteiger partial charge in [0.05, 0.1) is 20.8 Å². The van der Waals surface area contributed by atoms with Gasteiger partial charge in [0.25, 0.3) is 0 Å². The van der Waals surface area contributed by atoms with Gasteiger partial charge in [-0.05, 0) is 24.6 Å². The van der Waals surface area contributed by atoms with E-state index in [0.717, 1.165) is 18.4 Å². The Morgan fingerprint density at radius 2 is 2.04 bits per heavy atom. The molecule has 23 heavy (non-hydrogen) atoms. The summed E-state index contributed by atoms with van der Waals surface area (Å²) in [6.07, 6.45) is 2.36. The fraction of sp³-hybridized carbons (Fsp3) is 0.438. The first-order chi connectivity index (χ1) is 11.2. The number of rotatable bonds is 8. The lowest BCUT2D eigenvalue weighted by Gasteiger charge is -2.07. The number of hydrogen-bond donors (Lipinski definition) is 1. The molecule has 0 aliphatic carbocycles. The molecule has 0 bridgehead atoms. The van der Waals surface area contributed by atoms with Crippen molar-refractivity contribution < 1.29 is 18.8 Å². The molecule has 0 saturated heterocycles. The summed E-state index contributed by atoms with van der Waals surface area (Å²) in [5.41, 5.74) is 0.745. The van der Waals surface area contributed by atoms with E-state index in [2.05, 4.69) is 15.5 Å². The predicted molar refractivity (Wildman–Crippen MR) is 84.2 cm³/mol. The first-order valence-corrected chi connectivity index (χ1v) is 7.49. The van der Waals surface area contributed by atoms with Gasteiger partial charge in [-0.2, -0.15) is 4.98 Å². The largest absolute Gasteiger partial charge is 0.493 e. The maximum absolute atomic E-state index is 11.6. The van der Waals surface area contributed by atoms with E-state index < -0.39 is 0 Å². The van der Waals surface area contributed by atoms with Crippen molar-refractivity contribution in [2.45, 2.75) is 32.7 Å². The van der Waals surface area contributed by atoms with Gasteiger partial charge in [0.15, 0.2) is 11.5 Å². The van der Waals surface area contributed by atoms with Gasteiger partial charge in [0.1, 0.15) is 0 Å². The maximum Gasteiger partial charge on any atom is 0.246 e. The van der Waals surface area contributed by atoms with Crippen molar-refractivity contribution in [1.82, 2.24) is 15.5 Å². The standard InChI is InChI=1S/C16H21N3O4/c1-4-5-6-14(20)17-10-15-18-16(19-23-15)11-7-8-12(21-2)13(9-11)22-3/h7-9H,4-6,10H2,1-3H3,(H,17,20). The molecule has 124 valence electrons. The second-order valence-electron chi connectivity index (χ2n) is 4.96. The lowest BCUT2D eigenvalue weighted by Crippen LogP contribution is -2.22. The van der Waals surface area contributed by atoms with Crippen molar-refractivity contribution >= 4 is 5.91 Å². The van der Waals surface area contributed by atoms with E-state index in [1.165, 1.54) is 0 Å². The average molecular weight is 319 g/mol. The maximum atomic E-state index is 11.6. The van der Waals surface area contributed by atoms with E-state index in [0.29, 0.717) is 29.6 Å². The van der Waals surface area contributed by atoms with Crippen LogP contribution in [0.25, 0.3) is 11.4 Å². The normalized spacial score (nSPS) is 10.4. The van der Waals surface area contributed by atoms with Crippen molar-refractivity contribution in [1.29, 1.82) is 0 Å². The smallest absolute Gasteiger partial charge is 0.246 e. The van der Waals surface area contributed by atoms with E-state index in [4.69, 9.17) is 14.0 Å². The molecule has 1 N–H and O–H groups in total. The molecule has 0 aliphatic rings. The van der Waals surface area contributed by atoms with Gasteiger partial charge in [-0.1, -0.05) is 18.5 Å². The summed E-state index contributed by atoms with van der Waals surface area (Å²) in [4.78, 5) is 15.8. The topological polar surface area (TPSA) is 86.5 Å². The summed E-state index contributed by atoms with van der Waals surface area (Å²) in [5, 5.41) is 6.68. The molecule has 7 nitrogen and oxygen atoms in total. The molecule has 0 atom stereocenters. The molecule has 0 aliphatic heterocycles. The van der Waals surface area contributed by atoms with Gasteiger partial charge in [-0.25, -0.2) is 0 Å². The van der Waals surface area contributed by atoms with Crippen molar-refractivity contribution in [3.8, 4) is 22.9 Å². The number of carbonyl (C=O) groups excluding carboxylic acids is 1. The first kappa shape index (κ1) is 16.8. The van der Waals surface area contributed by atoms with E-state index in [-0.39, 0.29) is 12.5 Å². The van der Waals surface area contributed by atoms with E-state index in [1.54, 1.807) is 26.4 Å². The zero-order valence-corrected chi connectivity index (χ0v) is 13.6. The molecule has 1 aromatic heterocycles. The Hall–Kier alpha value is -2.57. The van der Waals surface area contributed by atoms with Crippen LogP contribution in [-0.2, 0) is 11.3 Å². The highest BCUT2D eigenvalue weighted by atomic mass is 16.5. The van der Waals surface area contributed by atoms with Crippen LogP contribution in [0.1, 0.15) is 32.1 Å². The molecular formula is C16H21N3O4. The number of hydrogen-bond acceptors (Lipinski definition) is 6. The van der Waals surface area contributed by atoms with E-state index >= 15 is 0 Å². The monoisotopic (exact) mass is 319 g/mol. The zero-order valence-electron chi connectivity index (χ0n) is 13.6. The van der Waals surface area contributed by atoms with Gasteiger partial charge >= 0.3 is 0 Å². The number of ether oxygens (including phenoxy) is 2. The van der Waals surface area contributed by atoms with Gasteiger partial charge in [0.2, 0.25) is 17.6 Å². The van der Waals surface area contributed by atoms with Crippen molar-refractivity contribution in [3.63, 3.8) is 0 Å². The third kappa shape index (κ3) is 4.45. The average Bonchev–Trinajstić information content (AvgIpc) is 3.06. The first-order valence-electron chi connectivity index (χ1n) is 7.49. The highest BCUT2D eigenvalue weighted by molar-refractivity contribution is 5.75. The number of nitrogens with one attached hydrogen (secondary N) is 1. The van der Waals surface area contributed by atoms with Crippen LogP contribution in [0, 0.1) is 0 Å². The quantitative estimate of drug-likeness (QED) is 0.804. The molecule has 0 spiro atoms. The third-order valence-electron chi connectivity index (χ3n) is 3.30. The van der Waals surface area contributed by atoms with Crippen molar-refractivity contribution in [2.75, 3.05) is 14.2 Å². The predicted octanol–water partition coefficient (Wildman–Crippen LogP) is 2.56. The fourth-order valence-corrected chi connectivity index (χ4v) is 2.02. The molecule has 2 rings (SSSR count). The van der Waals surface area contributed by atoms with Crippen molar-refractivity contribution in [3.05, 3.63) is 24.1 Å². The number of methoxy groups -OCH3 is 2. The van der Waals surface area contributed by atoms with Gasteiger partial charge in [-0.3, -0.25) is 4.79 Å². The van der Waals surface area contributed by atoms with Crippen LogP contribution in [0.4, 0.5) is 0 Å². The summed E-state index contributed by atoms with van der Waals surface area (Å²) in [6, 6.07) is 5.36. The number of carbonyl (C=O) groups is 1. The number of benzene rings is 1. The van der Waals surface area contributed by atoms with Crippen LogP contribution in [0.2, 0.25) is 0 Å². The fourth-order valence-electron chi connectivity index (χ4n) is 2.02. The summed E-state index contributed by atoms with van der Waals surface area (Å²) in [5.74, 6) is 1.99. The highest BCUT2D eigenvalue weighted by Gasteiger charge is 2.12. The molecule has 1 heterocycles. The number of nitrogens with zero attached hydrogens (tertiary/aromatic N) is 2. The Balaban J connectivity index is 2.03. The molecular weight excluding hydrogens is 298 g/mol. The molecule has 1 amide bonds. The van der Waals surface area contributed by atoms with E-state index in [9.17, 15) is 4.79 Å². The van der Waals surface area contributed by atoms with Crippen LogP contribution in [0.3, 0.4) is 0 Å². The van der Waals surface area contributed by atoms with Crippen LogP contribution in [-0.4, -0.2) is 30.3 Å². The van der Waals surface area contributed by atoms with Gasteiger partial charge in [-0.15, -0.1) is 0 Å². The number of amides is 1. The molecule has 0 saturated carbocycles. The lowest BCUT2D eigenvalue weighted by atomic mass is 10.2. The zero-order chi connectivity index (χ0) is 16.7. The van der Waals surface area contributed by atoms with Gasteiger partial charge in [0, 0.05) is 12.0 Å². The number of aromatic nitrogens is 2. The van der Waals surface area contributed by atoms with E-state index in [1.807, 2.05) is 13.0 Å². The SMILES string of the molecule is CCCCC(=O)NCc1nc(-c2ccc(OC)c(OC)c2)no1. The van der Waals surface area contributed by atoms with Crippen molar-refractivity contribution in [2.24, 2.45) is 0 Å². The molecule has 0 radical (unpaired) electrons. The Kier molecular flexibility index (Phi) is 5.96. The summed E-state index contributed by atoms with van der Waals surface area (Å²) >= 11 is 0. The summed E-state index contributed by atoms with van der Waals surface area (Å²) < 4.78 is 15.6. The molecule has 0 fully saturated rings. The van der Waals surface area contributed by atoms with Crippen LogP contribution >= 0.6 is 0 Å². The second-order valence-corrected chi connectivity index (χ2v) is 4.96. The number of unbranched alkanes of at least 4 members (excludes halogenated alkanes) is 1. The third-order valence-corrected chi connectivity index (χ3v) is 3.30. The Bertz CT molecular complexity index is 655.